The van der Waals surface area contributed by atoms with Gasteiger partial charge in [-0.05, 0) is 47.7 Å². The number of aromatic nitrogens is 3. The molecule has 1 saturated heterocycles. The molecule has 0 N–H and O–H groups in total. The van der Waals surface area contributed by atoms with Crippen molar-refractivity contribution in [2.75, 3.05) is 11.4 Å². The van der Waals surface area contributed by atoms with Crippen LogP contribution in [0.2, 0.25) is 10.3 Å². The molecule has 0 aromatic carbocycles. The molecule has 24 heavy (non-hydrogen) atoms. The first kappa shape index (κ1) is 18.0. The molecule has 3 rings (SSSR count). The number of pyridine rings is 1. The minimum atomic E-state index is 0.216. The van der Waals surface area contributed by atoms with Gasteiger partial charge in [-0.1, -0.05) is 37.0 Å². The predicted octanol–water partition coefficient (Wildman–Crippen LogP) is 5.65. The van der Waals surface area contributed by atoms with E-state index in [1.807, 2.05) is 17.7 Å². The largest absolute Gasteiger partial charge is 0.363 e. The maximum Gasteiger partial charge on any atom is 0.145 e. The van der Waals surface area contributed by atoms with Crippen molar-refractivity contribution in [1.82, 2.24) is 14.8 Å². The maximum absolute atomic E-state index is 6.70. The van der Waals surface area contributed by atoms with Crippen LogP contribution in [0.4, 0.5) is 5.69 Å². The highest BCUT2D eigenvalue weighted by atomic mass is 79.9. The Hall–Kier alpha value is -0.780. The number of hydrogen-bond donors (Lipinski definition) is 0. The molecule has 0 aliphatic carbocycles. The van der Waals surface area contributed by atoms with Gasteiger partial charge in [-0.3, -0.25) is 4.68 Å². The van der Waals surface area contributed by atoms with Crippen LogP contribution in [0.5, 0.6) is 0 Å². The lowest BCUT2D eigenvalue weighted by molar-refractivity contribution is 0.481. The monoisotopic (exact) mass is 430 g/mol. The normalized spacial score (nSPS) is 18.0. The van der Waals surface area contributed by atoms with E-state index in [0.29, 0.717) is 11.1 Å². The Bertz CT molecular complexity index is 744. The van der Waals surface area contributed by atoms with E-state index < -0.39 is 0 Å². The van der Waals surface area contributed by atoms with Gasteiger partial charge in [-0.2, -0.15) is 5.10 Å². The van der Waals surface area contributed by atoms with Crippen molar-refractivity contribution in [2.45, 2.75) is 46.2 Å². The molecule has 1 fully saturated rings. The first-order valence-electron chi connectivity index (χ1n) is 8.19. The van der Waals surface area contributed by atoms with Crippen molar-refractivity contribution in [3.8, 4) is 0 Å². The number of rotatable bonds is 4. The van der Waals surface area contributed by atoms with Crippen LogP contribution in [-0.4, -0.2) is 21.3 Å². The zero-order chi connectivity index (χ0) is 17.4. The van der Waals surface area contributed by atoms with E-state index in [-0.39, 0.29) is 6.04 Å². The van der Waals surface area contributed by atoms with Crippen LogP contribution in [-0.2, 0) is 6.54 Å². The Kier molecular flexibility index (Phi) is 5.42. The molecule has 0 amide bonds. The fourth-order valence-electron chi connectivity index (χ4n) is 3.40. The van der Waals surface area contributed by atoms with Crippen molar-refractivity contribution in [1.29, 1.82) is 0 Å². The van der Waals surface area contributed by atoms with Crippen LogP contribution < -0.4 is 4.90 Å². The quantitative estimate of drug-likeness (QED) is 0.586. The predicted molar refractivity (Wildman–Crippen MR) is 103 cm³/mol. The van der Waals surface area contributed by atoms with Gasteiger partial charge in [0.15, 0.2) is 0 Å². The molecule has 2 aromatic heterocycles. The van der Waals surface area contributed by atoms with Crippen LogP contribution in [0.15, 0.2) is 16.7 Å². The van der Waals surface area contributed by atoms with E-state index in [9.17, 15) is 0 Å². The summed E-state index contributed by atoms with van der Waals surface area (Å²) in [6, 6.07) is 2.21. The van der Waals surface area contributed by atoms with Gasteiger partial charge >= 0.3 is 0 Å². The van der Waals surface area contributed by atoms with Gasteiger partial charge in [0.1, 0.15) is 10.3 Å². The smallest absolute Gasteiger partial charge is 0.145 e. The molecule has 0 saturated carbocycles. The van der Waals surface area contributed by atoms with Crippen molar-refractivity contribution in [3.63, 3.8) is 0 Å². The molecule has 3 heterocycles. The topological polar surface area (TPSA) is 34.0 Å². The molecule has 7 heteroatoms. The van der Waals surface area contributed by atoms with Gasteiger partial charge in [0, 0.05) is 24.8 Å². The molecule has 130 valence electrons. The van der Waals surface area contributed by atoms with E-state index >= 15 is 0 Å². The lowest BCUT2D eigenvalue weighted by Gasteiger charge is -2.28. The average Bonchev–Trinajstić information content (AvgIpc) is 3.07. The van der Waals surface area contributed by atoms with Gasteiger partial charge in [0.05, 0.1) is 21.9 Å². The summed E-state index contributed by atoms with van der Waals surface area (Å²) < 4.78 is 2.77. The molecular weight excluding hydrogens is 411 g/mol. The van der Waals surface area contributed by atoms with E-state index in [0.717, 1.165) is 52.5 Å². The van der Waals surface area contributed by atoms with E-state index in [2.05, 4.69) is 44.8 Å². The number of nitrogens with zero attached hydrogens (tertiary/aromatic N) is 4. The molecule has 0 bridgehead atoms. The number of hydrogen-bond acceptors (Lipinski definition) is 3. The third kappa shape index (κ3) is 3.31. The van der Waals surface area contributed by atoms with Gasteiger partial charge in [0.25, 0.3) is 0 Å². The van der Waals surface area contributed by atoms with Crippen LogP contribution in [0.25, 0.3) is 0 Å². The third-order valence-corrected chi connectivity index (χ3v) is 6.06. The van der Waals surface area contributed by atoms with Crippen molar-refractivity contribution < 1.29 is 0 Å². The van der Waals surface area contributed by atoms with Gasteiger partial charge in [-0.15, -0.1) is 0 Å². The minimum Gasteiger partial charge on any atom is -0.363 e. The van der Waals surface area contributed by atoms with Crippen molar-refractivity contribution in [3.05, 3.63) is 38.3 Å². The first-order valence-corrected chi connectivity index (χ1v) is 9.74. The molecular formula is C17H21BrCl2N4. The fraction of sp³-hybridized carbons (Fsp3) is 0.529. The van der Waals surface area contributed by atoms with Gasteiger partial charge in [0.2, 0.25) is 0 Å². The summed E-state index contributed by atoms with van der Waals surface area (Å²) in [5.41, 5.74) is 3.20. The number of anilines is 1. The highest BCUT2D eigenvalue weighted by Crippen LogP contribution is 2.43. The second-order valence-corrected chi connectivity index (χ2v) is 8.16. The molecule has 1 aliphatic heterocycles. The summed E-state index contributed by atoms with van der Waals surface area (Å²) in [5.74, 6) is 0.502. The SMILES string of the molecule is Cc1nn(CC(C)C)c(Cl)c1C1CCCN1c1ccnc(Cl)c1Br. The van der Waals surface area contributed by atoms with Crippen LogP contribution in [0.1, 0.15) is 44.0 Å². The zero-order valence-corrected chi connectivity index (χ0v) is 17.2. The lowest BCUT2D eigenvalue weighted by Crippen LogP contribution is -2.23. The summed E-state index contributed by atoms with van der Waals surface area (Å²) in [4.78, 5) is 6.48. The highest BCUT2D eigenvalue weighted by Gasteiger charge is 2.33. The Labute approximate surface area is 161 Å². The first-order chi connectivity index (χ1) is 11.4. The second-order valence-electron chi connectivity index (χ2n) is 6.65. The molecule has 1 aliphatic rings. The zero-order valence-electron chi connectivity index (χ0n) is 14.1. The summed E-state index contributed by atoms with van der Waals surface area (Å²) in [6.45, 7) is 8.19. The Morgan fingerprint density at radius 1 is 1.38 bits per heavy atom. The van der Waals surface area contributed by atoms with Gasteiger partial charge in [-0.25, -0.2) is 4.98 Å². The summed E-state index contributed by atoms with van der Waals surface area (Å²) >= 11 is 16.5. The molecule has 0 spiro atoms. The van der Waals surface area contributed by atoms with E-state index in [1.54, 1.807) is 6.20 Å². The lowest BCUT2D eigenvalue weighted by atomic mass is 10.1. The molecule has 1 atom stereocenters. The molecule has 2 aromatic rings. The second kappa shape index (κ2) is 7.22. The summed E-state index contributed by atoms with van der Waals surface area (Å²) in [6.07, 6.45) is 3.91. The number of aryl methyl sites for hydroxylation is 1. The third-order valence-electron chi connectivity index (χ3n) is 4.37. The fourth-order valence-corrected chi connectivity index (χ4v) is 4.38. The van der Waals surface area contributed by atoms with Crippen LogP contribution >= 0.6 is 39.1 Å². The van der Waals surface area contributed by atoms with Gasteiger partial charge < -0.3 is 4.90 Å². The average molecular weight is 432 g/mol. The van der Waals surface area contributed by atoms with E-state index in [1.165, 1.54) is 0 Å². The maximum atomic E-state index is 6.70. The van der Waals surface area contributed by atoms with E-state index in [4.69, 9.17) is 23.2 Å². The Balaban J connectivity index is 2.00. The standard InChI is InChI=1S/C17H21BrCl2N4/c1-10(2)9-24-17(20)14(11(3)22-24)12-5-4-8-23(12)13-6-7-21-16(19)15(13)18/h6-7,10,12H,4-5,8-9H2,1-3H3. The summed E-state index contributed by atoms with van der Waals surface area (Å²) in [5, 5.41) is 5.91. The molecule has 4 nitrogen and oxygen atoms in total. The van der Waals surface area contributed by atoms with Crippen molar-refractivity contribution in [2.24, 2.45) is 5.92 Å². The highest BCUT2D eigenvalue weighted by molar-refractivity contribution is 9.10. The molecule has 0 radical (unpaired) electrons. The van der Waals surface area contributed by atoms with Crippen LogP contribution in [0.3, 0.4) is 0 Å². The number of halogens is 3. The van der Waals surface area contributed by atoms with Crippen LogP contribution in [0, 0.1) is 12.8 Å². The molecule has 1 unspecified atom stereocenters. The minimum absolute atomic E-state index is 0.216. The summed E-state index contributed by atoms with van der Waals surface area (Å²) in [7, 11) is 0. The van der Waals surface area contributed by atoms with Crippen molar-refractivity contribution >= 4 is 44.8 Å². The Morgan fingerprint density at radius 2 is 2.12 bits per heavy atom. The Morgan fingerprint density at radius 3 is 2.83 bits per heavy atom.